The van der Waals surface area contributed by atoms with Crippen LogP contribution in [0.25, 0.3) is 0 Å². The van der Waals surface area contributed by atoms with Crippen LogP contribution in [-0.2, 0) is 19.5 Å². The molecule has 0 spiro atoms. The number of para-hydroxylation sites is 2. The number of ketones is 1. The van der Waals surface area contributed by atoms with Crippen molar-refractivity contribution in [2.45, 2.75) is 4.90 Å². The van der Waals surface area contributed by atoms with E-state index in [0.29, 0.717) is 37.7 Å². The number of halogens is 3. The lowest BCUT2D eigenvalue weighted by atomic mass is 10.1. The summed E-state index contributed by atoms with van der Waals surface area (Å²) in [5.41, 5.74) is 1.18. The van der Waals surface area contributed by atoms with Crippen LogP contribution in [0.15, 0.2) is 65.6 Å². The van der Waals surface area contributed by atoms with Gasteiger partial charge in [-0.05, 0) is 48.5 Å². The van der Waals surface area contributed by atoms with E-state index in [1.165, 1.54) is 30.3 Å². The van der Waals surface area contributed by atoms with E-state index in [4.69, 9.17) is 44.3 Å². The van der Waals surface area contributed by atoms with Gasteiger partial charge in [0.2, 0.25) is 0 Å². The van der Waals surface area contributed by atoms with Crippen LogP contribution in [-0.4, -0.2) is 53.1 Å². The number of ether oxygens (including phenoxy) is 2. The number of morpholine rings is 1. The average Bonchev–Trinajstić information content (AvgIpc) is 2.89. The van der Waals surface area contributed by atoms with Crippen molar-refractivity contribution in [3.05, 3.63) is 86.9 Å². The standard InChI is InChI=1S/C25H21Cl3N2O6S/c26-18-7-5-16(13-20(18)28)23(31)15-36-25(32)17-6-8-19(27)24(14-17)37(33,34)29-21-3-1-2-4-22(21)30-9-11-35-12-10-30/h1-8,13-14,29H,9-12,15H2. The minimum absolute atomic E-state index is 0.0835. The van der Waals surface area contributed by atoms with Crippen molar-refractivity contribution in [1.82, 2.24) is 0 Å². The summed E-state index contributed by atoms with van der Waals surface area (Å²) in [6, 6.07) is 15.0. The summed E-state index contributed by atoms with van der Waals surface area (Å²) in [4.78, 5) is 26.7. The van der Waals surface area contributed by atoms with Crippen molar-refractivity contribution < 1.29 is 27.5 Å². The Hall–Kier alpha value is -2.82. The third-order valence-electron chi connectivity index (χ3n) is 5.53. The van der Waals surface area contributed by atoms with Gasteiger partial charge in [-0.15, -0.1) is 0 Å². The Morgan fingerprint density at radius 1 is 0.892 bits per heavy atom. The third-order valence-corrected chi connectivity index (χ3v) is 8.12. The third kappa shape index (κ3) is 6.55. The first kappa shape index (κ1) is 27.2. The van der Waals surface area contributed by atoms with Gasteiger partial charge in [-0.2, -0.15) is 0 Å². The molecule has 1 fully saturated rings. The largest absolute Gasteiger partial charge is 0.454 e. The molecule has 4 rings (SSSR count). The fraction of sp³-hybridized carbons (Fsp3) is 0.200. The summed E-state index contributed by atoms with van der Waals surface area (Å²) in [7, 11) is -4.19. The highest BCUT2D eigenvalue weighted by atomic mass is 35.5. The van der Waals surface area contributed by atoms with Crippen molar-refractivity contribution in [2.75, 3.05) is 42.5 Å². The van der Waals surface area contributed by atoms with Crippen molar-refractivity contribution in [3.8, 4) is 0 Å². The van der Waals surface area contributed by atoms with Gasteiger partial charge in [-0.25, -0.2) is 13.2 Å². The number of hydrogen-bond donors (Lipinski definition) is 1. The van der Waals surface area contributed by atoms with Crippen molar-refractivity contribution >= 4 is 68.0 Å². The first-order valence-corrected chi connectivity index (χ1v) is 13.7. The number of hydrogen-bond acceptors (Lipinski definition) is 7. The van der Waals surface area contributed by atoms with E-state index < -0.39 is 28.4 Å². The van der Waals surface area contributed by atoms with E-state index in [9.17, 15) is 18.0 Å². The predicted molar refractivity (Wildman–Crippen MR) is 143 cm³/mol. The van der Waals surface area contributed by atoms with Gasteiger partial charge in [-0.3, -0.25) is 9.52 Å². The molecule has 1 aliphatic heterocycles. The molecule has 3 aromatic carbocycles. The molecule has 37 heavy (non-hydrogen) atoms. The van der Waals surface area contributed by atoms with E-state index in [2.05, 4.69) is 4.72 Å². The molecule has 1 saturated heterocycles. The quantitative estimate of drug-likeness (QED) is 0.283. The summed E-state index contributed by atoms with van der Waals surface area (Å²) in [6.07, 6.45) is 0. The van der Waals surface area contributed by atoms with E-state index in [-0.39, 0.29) is 31.1 Å². The molecule has 0 saturated carbocycles. The van der Waals surface area contributed by atoms with Crippen molar-refractivity contribution in [2.24, 2.45) is 0 Å². The smallest absolute Gasteiger partial charge is 0.338 e. The Morgan fingerprint density at radius 2 is 1.57 bits per heavy atom. The Morgan fingerprint density at radius 3 is 2.30 bits per heavy atom. The van der Waals surface area contributed by atoms with E-state index in [1.54, 1.807) is 12.1 Å². The molecule has 3 aromatic rings. The van der Waals surface area contributed by atoms with Gasteiger partial charge in [-0.1, -0.05) is 46.9 Å². The van der Waals surface area contributed by atoms with Gasteiger partial charge >= 0.3 is 5.97 Å². The lowest BCUT2D eigenvalue weighted by molar-refractivity contribution is 0.0474. The molecule has 0 aromatic heterocycles. The van der Waals surface area contributed by atoms with Crippen LogP contribution in [0.2, 0.25) is 15.1 Å². The molecule has 1 heterocycles. The Labute approximate surface area is 229 Å². The summed E-state index contributed by atoms with van der Waals surface area (Å²) >= 11 is 18.0. The van der Waals surface area contributed by atoms with Gasteiger partial charge in [0.15, 0.2) is 12.4 Å². The van der Waals surface area contributed by atoms with E-state index in [0.717, 1.165) is 6.07 Å². The molecule has 0 aliphatic carbocycles. The molecular formula is C25H21Cl3N2O6S. The number of rotatable bonds is 8. The van der Waals surface area contributed by atoms with Crippen LogP contribution in [0.4, 0.5) is 11.4 Å². The number of carbonyl (C=O) groups is 2. The number of carbonyl (C=O) groups excluding carboxylic acids is 2. The lowest BCUT2D eigenvalue weighted by Gasteiger charge is -2.30. The molecule has 1 N–H and O–H groups in total. The minimum atomic E-state index is -4.19. The maximum atomic E-state index is 13.3. The van der Waals surface area contributed by atoms with Gasteiger partial charge in [0.1, 0.15) is 4.90 Å². The van der Waals surface area contributed by atoms with Crippen LogP contribution >= 0.6 is 34.8 Å². The second-order valence-corrected chi connectivity index (χ2v) is 10.9. The number of sulfonamides is 1. The Kier molecular flexibility index (Phi) is 8.61. The van der Waals surface area contributed by atoms with E-state index in [1.807, 2.05) is 17.0 Å². The molecule has 0 radical (unpaired) electrons. The van der Waals surface area contributed by atoms with Crippen molar-refractivity contribution in [1.29, 1.82) is 0 Å². The van der Waals surface area contributed by atoms with Gasteiger partial charge in [0, 0.05) is 18.7 Å². The van der Waals surface area contributed by atoms with Crippen LogP contribution in [0.3, 0.4) is 0 Å². The topological polar surface area (TPSA) is 102 Å². The molecule has 12 heteroatoms. The zero-order valence-corrected chi connectivity index (χ0v) is 22.3. The van der Waals surface area contributed by atoms with Crippen LogP contribution in [0.5, 0.6) is 0 Å². The van der Waals surface area contributed by atoms with Crippen LogP contribution < -0.4 is 9.62 Å². The van der Waals surface area contributed by atoms with E-state index >= 15 is 0 Å². The van der Waals surface area contributed by atoms with Crippen LogP contribution in [0, 0.1) is 0 Å². The molecule has 0 bridgehead atoms. The number of esters is 1. The molecule has 0 atom stereocenters. The lowest BCUT2D eigenvalue weighted by Crippen LogP contribution is -2.36. The summed E-state index contributed by atoms with van der Waals surface area (Å²) in [6.45, 7) is 1.71. The number of nitrogens with zero attached hydrogens (tertiary/aromatic N) is 1. The minimum Gasteiger partial charge on any atom is -0.454 e. The number of anilines is 2. The highest BCUT2D eigenvalue weighted by Crippen LogP contribution is 2.31. The predicted octanol–water partition coefficient (Wildman–Crippen LogP) is 5.32. The highest BCUT2D eigenvalue weighted by Gasteiger charge is 2.24. The van der Waals surface area contributed by atoms with Crippen LogP contribution in [0.1, 0.15) is 20.7 Å². The maximum absolute atomic E-state index is 13.3. The first-order valence-electron chi connectivity index (χ1n) is 11.0. The second kappa shape index (κ2) is 11.7. The summed E-state index contributed by atoms with van der Waals surface area (Å²) < 4.78 is 39.6. The SMILES string of the molecule is O=C(COC(=O)c1ccc(Cl)c(S(=O)(=O)Nc2ccccc2N2CCOCC2)c1)c1ccc(Cl)c(Cl)c1. The Balaban J connectivity index is 1.51. The average molecular weight is 584 g/mol. The Bertz CT molecular complexity index is 1440. The zero-order valence-electron chi connectivity index (χ0n) is 19.2. The van der Waals surface area contributed by atoms with Crippen molar-refractivity contribution in [3.63, 3.8) is 0 Å². The van der Waals surface area contributed by atoms with Gasteiger partial charge in [0.25, 0.3) is 10.0 Å². The molecule has 8 nitrogen and oxygen atoms in total. The molecular weight excluding hydrogens is 563 g/mol. The number of nitrogens with one attached hydrogen (secondary N) is 1. The number of benzene rings is 3. The molecule has 194 valence electrons. The highest BCUT2D eigenvalue weighted by molar-refractivity contribution is 7.92. The fourth-order valence-corrected chi connectivity index (χ4v) is 5.54. The maximum Gasteiger partial charge on any atom is 0.338 e. The molecule has 0 unspecified atom stereocenters. The molecule has 1 aliphatic rings. The summed E-state index contributed by atoms with van der Waals surface area (Å²) in [5.74, 6) is -1.40. The fourth-order valence-electron chi connectivity index (χ4n) is 3.64. The normalized spacial score (nSPS) is 13.8. The monoisotopic (exact) mass is 582 g/mol. The summed E-state index contributed by atoms with van der Waals surface area (Å²) in [5, 5.41) is 0.389. The zero-order chi connectivity index (χ0) is 26.6. The molecule has 0 amide bonds. The second-order valence-electron chi connectivity index (χ2n) is 8.00. The number of Topliss-reactive ketones (excluding diaryl/α,β-unsaturated/α-hetero) is 1. The van der Waals surface area contributed by atoms with Gasteiger partial charge < -0.3 is 14.4 Å². The first-order chi connectivity index (χ1) is 17.7. The van der Waals surface area contributed by atoms with Gasteiger partial charge in [0.05, 0.1) is 45.2 Å².